The Bertz CT molecular complexity index is 999. The summed E-state index contributed by atoms with van der Waals surface area (Å²) in [6.07, 6.45) is 6.95. The first-order valence-electron chi connectivity index (χ1n) is 11.1. The fraction of sp³-hybridized carbons (Fsp3) is 0.522. The number of hydrogen-bond donors (Lipinski definition) is 3. The van der Waals surface area contributed by atoms with Gasteiger partial charge >= 0.3 is 17.9 Å². The van der Waals surface area contributed by atoms with Crippen LogP contribution in [-0.4, -0.2) is 50.1 Å². The first-order chi connectivity index (χ1) is 15.6. The molecule has 0 spiro atoms. The third kappa shape index (κ3) is 6.30. The van der Waals surface area contributed by atoms with Crippen LogP contribution in [0.2, 0.25) is 0 Å². The first kappa shape index (κ1) is 24.2. The van der Waals surface area contributed by atoms with E-state index in [0.29, 0.717) is 29.5 Å². The van der Waals surface area contributed by atoms with Gasteiger partial charge in [-0.05, 0) is 58.1 Å². The minimum Gasteiger partial charge on any atom is -0.444 e. The molecule has 2 aromatic rings. The van der Waals surface area contributed by atoms with Crippen molar-refractivity contribution in [2.45, 2.75) is 65.5 Å². The predicted molar refractivity (Wildman–Crippen MR) is 124 cm³/mol. The standard InChI is InChI=1S/C23H32N6O4/c1-6-15-7-8-18(16-10-25-26-11-16)29(13-15)21(31)20(30)27-17-9-14(2)19(24-12-17)28-22(32)33-23(3,4)5/h9-12,15,18H,6-8,13H2,1-5H3,(H,25,26)(H,27,30)(H,24,28,32)/t15-,18+/m0/s1. The molecule has 10 nitrogen and oxygen atoms in total. The van der Waals surface area contributed by atoms with Crippen molar-refractivity contribution in [2.24, 2.45) is 5.92 Å². The quantitative estimate of drug-likeness (QED) is 0.600. The molecule has 3 rings (SSSR count). The minimum atomic E-state index is -0.728. The number of H-pyrrole nitrogens is 1. The number of hydrogen-bond acceptors (Lipinski definition) is 6. The number of pyridine rings is 1. The number of carbonyl (C=O) groups is 3. The highest BCUT2D eigenvalue weighted by atomic mass is 16.6. The number of amides is 3. The van der Waals surface area contributed by atoms with Crippen molar-refractivity contribution >= 4 is 29.4 Å². The van der Waals surface area contributed by atoms with Crippen molar-refractivity contribution in [3.63, 3.8) is 0 Å². The van der Waals surface area contributed by atoms with E-state index in [2.05, 4.69) is 32.7 Å². The Morgan fingerprint density at radius 3 is 2.58 bits per heavy atom. The average Bonchev–Trinajstić information content (AvgIpc) is 3.28. The third-order valence-corrected chi connectivity index (χ3v) is 5.57. The van der Waals surface area contributed by atoms with Crippen molar-refractivity contribution < 1.29 is 19.1 Å². The van der Waals surface area contributed by atoms with Crippen LogP contribution in [0, 0.1) is 12.8 Å². The Labute approximate surface area is 193 Å². The van der Waals surface area contributed by atoms with Crippen molar-refractivity contribution in [2.75, 3.05) is 17.2 Å². The van der Waals surface area contributed by atoms with Crippen molar-refractivity contribution in [3.8, 4) is 0 Å². The normalized spacial score (nSPS) is 18.5. The van der Waals surface area contributed by atoms with Crippen LogP contribution >= 0.6 is 0 Å². The number of nitrogens with one attached hydrogen (secondary N) is 3. The lowest BCUT2D eigenvalue weighted by atomic mass is 9.88. The van der Waals surface area contributed by atoms with Gasteiger partial charge in [0, 0.05) is 18.3 Å². The largest absolute Gasteiger partial charge is 0.444 e. The lowest BCUT2D eigenvalue weighted by molar-refractivity contribution is -0.146. The van der Waals surface area contributed by atoms with Crippen LogP contribution in [0.1, 0.15) is 64.1 Å². The van der Waals surface area contributed by atoms with Gasteiger partial charge in [0.25, 0.3) is 0 Å². The number of rotatable bonds is 4. The van der Waals surface area contributed by atoms with E-state index in [9.17, 15) is 14.4 Å². The molecule has 1 aliphatic rings. The monoisotopic (exact) mass is 456 g/mol. The van der Waals surface area contributed by atoms with E-state index in [4.69, 9.17) is 4.74 Å². The van der Waals surface area contributed by atoms with Gasteiger partial charge in [0.1, 0.15) is 11.4 Å². The van der Waals surface area contributed by atoms with E-state index in [1.807, 2.05) is 0 Å². The molecule has 2 aromatic heterocycles. The molecule has 3 amide bonds. The molecule has 0 aromatic carbocycles. The predicted octanol–water partition coefficient (Wildman–Crippen LogP) is 3.79. The minimum absolute atomic E-state index is 0.190. The van der Waals surface area contributed by atoms with E-state index in [0.717, 1.165) is 24.8 Å². The lowest BCUT2D eigenvalue weighted by Crippen LogP contribution is -2.46. The summed E-state index contributed by atoms with van der Waals surface area (Å²) in [5, 5.41) is 12.0. The molecule has 0 radical (unpaired) electrons. The fourth-order valence-electron chi connectivity index (χ4n) is 3.88. The van der Waals surface area contributed by atoms with Crippen molar-refractivity contribution in [1.82, 2.24) is 20.1 Å². The molecule has 33 heavy (non-hydrogen) atoms. The third-order valence-electron chi connectivity index (χ3n) is 5.57. The molecule has 2 atom stereocenters. The summed E-state index contributed by atoms with van der Waals surface area (Å²) in [6.45, 7) is 9.66. The Hall–Kier alpha value is -3.43. The number of aryl methyl sites for hydroxylation is 1. The summed E-state index contributed by atoms with van der Waals surface area (Å²) in [6, 6.07) is 1.45. The summed E-state index contributed by atoms with van der Waals surface area (Å²) in [5.74, 6) is -0.648. The highest BCUT2D eigenvalue weighted by Gasteiger charge is 2.35. The van der Waals surface area contributed by atoms with Crippen LogP contribution in [0.4, 0.5) is 16.3 Å². The van der Waals surface area contributed by atoms with Crippen molar-refractivity contribution in [1.29, 1.82) is 0 Å². The second kappa shape index (κ2) is 10.0. The van der Waals surface area contributed by atoms with Gasteiger partial charge in [-0.1, -0.05) is 13.3 Å². The highest BCUT2D eigenvalue weighted by Crippen LogP contribution is 2.34. The van der Waals surface area contributed by atoms with Gasteiger partial charge < -0.3 is 15.0 Å². The Balaban J connectivity index is 1.68. The van der Waals surface area contributed by atoms with Gasteiger partial charge in [-0.3, -0.25) is 20.0 Å². The Kier molecular flexibility index (Phi) is 7.35. The SMILES string of the molecule is CC[C@H]1CC[C@H](c2cn[nH]c2)N(C(=O)C(=O)Nc2cnc(NC(=O)OC(C)(C)C)c(C)c2)C1. The van der Waals surface area contributed by atoms with Gasteiger partial charge in [0.2, 0.25) is 0 Å². The molecule has 0 unspecified atom stereocenters. The van der Waals surface area contributed by atoms with Crippen LogP contribution in [0.3, 0.4) is 0 Å². The zero-order valence-electron chi connectivity index (χ0n) is 19.8. The van der Waals surface area contributed by atoms with Gasteiger partial charge in [0.05, 0.1) is 24.1 Å². The van der Waals surface area contributed by atoms with E-state index < -0.39 is 23.5 Å². The van der Waals surface area contributed by atoms with E-state index in [-0.39, 0.29) is 6.04 Å². The van der Waals surface area contributed by atoms with Crippen LogP contribution in [0.25, 0.3) is 0 Å². The number of ether oxygens (including phenoxy) is 1. The molecule has 178 valence electrons. The Morgan fingerprint density at radius 2 is 1.97 bits per heavy atom. The number of likely N-dealkylation sites (tertiary alicyclic amines) is 1. The number of aromatic nitrogens is 3. The molecule has 0 saturated carbocycles. The lowest BCUT2D eigenvalue weighted by Gasteiger charge is -2.38. The average molecular weight is 457 g/mol. The molecule has 1 saturated heterocycles. The molecular formula is C23H32N6O4. The number of piperidine rings is 1. The molecule has 0 aliphatic carbocycles. The maximum absolute atomic E-state index is 13.1. The zero-order chi connectivity index (χ0) is 24.2. The molecule has 3 N–H and O–H groups in total. The molecular weight excluding hydrogens is 424 g/mol. The number of nitrogens with zero attached hydrogens (tertiary/aromatic N) is 3. The zero-order valence-corrected chi connectivity index (χ0v) is 19.8. The van der Waals surface area contributed by atoms with E-state index in [1.165, 1.54) is 6.20 Å². The van der Waals surface area contributed by atoms with Crippen LogP contribution in [0.15, 0.2) is 24.7 Å². The number of carbonyl (C=O) groups excluding carboxylic acids is 3. The summed E-state index contributed by atoms with van der Waals surface area (Å²) < 4.78 is 5.23. The second-order valence-electron chi connectivity index (χ2n) is 9.33. The Morgan fingerprint density at radius 1 is 1.21 bits per heavy atom. The van der Waals surface area contributed by atoms with Gasteiger partial charge in [-0.2, -0.15) is 5.10 Å². The number of aromatic amines is 1. The van der Waals surface area contributed by atoms with E-state index >= 15 is 0 Å². The summed E-state index contributed by atoms with van der Waals surface area (Å²) >= 11 is 0. The molecule has 1 fully saturated rings. The van der Waals surface area contributed by atoms with Gasteiger partial charge in [-0.25, -0.2) is 9.78 Å². The maximum Gasteiger partial charge on any atom is 0.413 e. The number of anilines is 2. The van der Waals surface area contributed by atoms with Crippen molar-refractivity contribution in [3.05, 3.63) is 35.8 Å². The van der Waals surface area contributed by atoms with Crippen LogP contribution in [-0.2, 0) is 14.3 Å². The smallest absolute Gasteiger partial charge is 0.413 e. The molecule has 10 heteroatoms. The summed E-state index contributed by atoms with van der Waals surface area (Å²) in [4.78, 5) is 43.7. The van der Waals surface area contributed by atoms with E-state index in [1.54, 1.807) is 51.1 Å². The topological polar surface area (TPSA) is 129 Å². The second-order valence-corrected chi connectivity index (χ2v) is 9.33. The van der Waals surface area contributed by atoms with Gasteiger partial charge in [-0.15, -0.1) is 0 Å². The fourth-order valence-corrected chi connectivity index (χ4v) is 3.88. The highest BCUT2D eigenvalue weighted by molar-refractivity contribution is 6.39. The summed E-state index contributed by atoms with van der Waals surface area (Å²) in [7, 11) is 0. The molecule has 0 bridgehead atoms. The van der Waals surface area contributed by atoms with Crippen LogP contribution in [0.5, 0.6) is 0 Å². The van der Waals surface area contributed by atoms with Gasteiger partial charge in [0.15, 0.2) is 0 Å². The summed E-state index contributed by atoms with van der Waals surface area (Å²) in [5.41, 5.74) is 1.24. The molecule has 3 heterocycles. The maximum atomic E-state index is 13.1. The molecule has 1 aliphatic heterocycles. The first-order valence-corrected chi connectivity index (χ1v) is 11.1. The van der Waals surface area contributed by atoms with Crippen LogP contribution < -0.4 is 10.6 Å².